The van der Waals surface area contributed by atoms with E-state index < -0.39 is 0 Å². The number of H-pyrrole nitrogens is 1. The Balaban J connectivity index is 1.98. The first kappa shape index (κ1) is 13.4. The molecule has 21 heavy (non-hydrogen) atoms. The van der Waals surface area contributed by atoms with Crippen LogP contribution in [0.15, 0.2) is 24.4 Å². The van der Waals surface area contributed by atoms with E-state index in [0.717, 1.165) is 16.9 Å². The molecule has 1 amide bonds. The molecule has 0 bridgehead atoms. The summed E-state index contributed by atoms with van der Waals surface area (Å²) >= 11 is 0. The largest absolute Gasteiger partial charge is 0.497 e. The Hall–Kier alpha value is -2.60. The normalized spacial score (nSPS) is 15.1. The van der Waals surface area contributed by atoms with Crippen molar-refractivity contribution < 1.29 is 14.3 Å². The number of nitrogens with zero attached hydrogens (tertiary/aromatic N) is 1. The van der Waals surface area contributed by atoms with Gasteiger partial charge in [0.05, 0.1) is 24.6 Å². The number of rotatable bonds is 4. The van der Waals surface area contributed by atoms with Crippen LogP contribution in [0.25, 0.3) is 11.6 Å². The van der Waals surface area contributed by atoms with Crippen LogP contribution < -0.4 is 10.1 Å². The Morgan fingerprint density at radius 2 is 2.19 bits per heavy atom. The minimum Gasteiger partial charge on any atom is -0.497 e. The molecular weight excluding hydrogens is 270 g/mol. The summed E-state index contributed by atoms with van der Waals surface area (Å²) in [7, 11) is 3.20. The summed E-state index contributed by atoms with van der Waals surface area (Å²) < 4.78 is 10.2. The van der Waals surface area contributed by atoms with E-state index >= 15 is 0 Å². The SMILES string of the molecule is COCc1ncc(C=C2C(=O)Nc3ccc(OC)cc32)[nH]1. The molecule has 0 radical (unpaired) electrons. The molecule has 1 aromatic heterocycles. The second-order valence-corrected chi connectivity index (χ2v) is 4.64. The van der Waals surface area contributed by atoms with Gasteiger partial charge in [0.15, 0.2) is 0 Å². The van der Waals surface area contributed by atoms with Crippen LogP contribution >= 0.6 is 0 Å². The van der Waals surface area contributed by atoms with Crippen LogP contribution in [0, 0.1) is 0 Å². The lowest BCUT2D eigenvalue weighted by Crippen LogP contribution is -2.03. The summed E-state index contributed by atoms with van der Waals surface area (Å²) in [5, 5.41) is 2.83. The van der Waals surface area contributed by atoms with Gasteiger partial charge in [-0.3, -0.25) is 4.79 Å². The summed E-state index contributed by atoms with van der Waals surface area (Å²) in [5.74, 6) is 1.29. The van der Waals surface area contributed by atoms with Gasteiger partial charge in [0.2, 0.25) is 0 Å². The van der Waals surface area contributed by atoms with E-state index in [-0.39, 0.29) is 5.91 Å². The smallest absolute Gasteiger partial charge is 0.256 e. The van der Waals surface area contributed by atoms with Crippen molar-refractivity contribution in [3.05, 3.63) is 41.5 Å². The number of carbonyl (C=O) groups excluding carboxylic acids is 1. The van der Waals surface area contributed by atoms with Gasteiger partial charge in [-0.05, 0) is 24.3 Å². The quantitative estimate of drug-likeness (QED) is 0.843. The van der Waals surface area contributed by atoms with Crippen molar-refractivity contribution in [2.45, 2.75) is 6.61 Å². The summed E-state index contributed by atoms with van der Waals surface area (Å²) in [4.78, 5) is 19.4. The average molecular weight is 285 g/mol. The van der Waals surface area contributed by atoms with Crippen molar-refractivity contribution in [3.8, 4) is 5.75 Å². The standard InChI is InChI=1S/C15H15N3O3/c1-20-8-14-16-7-9(17-14)5-12-11-6-10(21-2)3-4-13(11)18-15(12)19/h3-7H,8H2,1-2H3,(H,16,17)(H,18,19). The molecular formula is C15H15N3O3. The molecule has 0 spiro atoms. The summed E-state index contributed by atoms with van der Waals surface area (Å²) in [5.41, 5.74) is 2.94. The van der Waals surface area contributed by atoms with Crippen molar-refractivity contribution in [1.29, 1.82) is 0 Å². The van der Waals surface area contributed by atoms with E-state index in [0.29, 0.717) is 23.8 Å². The zero-order valence-electron chi connectivity index (χ0n) is 11.8. The third kappa shape index (κ3) is 2.53. The van der Waals surface area contributed by atoms with Gasteiger partial charge < -0.3 is 19.8 Å². The van der Waals surface area contributed by atoms with Gasteiger partial charge in [-0.2, -0.15) is 0 Å². The van der Waals surface area contributed by atoms with Gasteiger partial charge in [-0.15, -0.1) is 0 Å². The number of methoxy groups -OCH3 is 2. The average Bonchev–Trinajstić information content (AvgIpc) is 3.05. The maximum Gasteiger partial charge on any atom is 0.256 e. The Morgan fingerprint density at radius 3 is 2.95 bits per heavy atom. The van der Waals surface area contributed by atoms with E-state index in [1.54, 1.807) is 26.5 Å². The van der Waals surface area contributed by atoms with Gasteiger partial charge >= 0.3 is 0 Å². The molecule has 2 N–H and O–H groups in total. The van der Waals surface area contributed by atoms with Gasteiger partial charge in [0.25, 0.3) is 5.91 Å². The number of benzene rings is 1. The molecule has 1 aliphatic heterocycles. The van der Waals surface area contributed by atoms with Crippen LogP contribution in [0.4, 0.5) is 5.69 Å². The number of hydrogen-bond acceptors (Lipinski definition) is 4. The van der Waals surface area contributed by atoms with Crippen molar-refractivity contribution in [1.82, 2.24) is 9.97 Å². The lowest BCUT2D eigenvalue weighted by atomic mass is 10.1. The number of anilines is 1. The van der Waals surface area contributed by atoms with Crippen LogP contribution in [0.1, 0.15) is 17.1 Å². The van der Waals surface area contributed by atoms with Crippen LogP contribution in [0.3, 0.4) is 0 Å². The molecule has 6 heteroatoms. The first-order valence-corrected chi connectivity index (χ1v) is 6.45. The first-order chi connectivity index (χ1) is 10.2. The monoisotopic (exact) mass is 285 g/mol. The van der Waals surface area contributed by atoms with Crippen LogP contribution in [0.5, 0.6) is 5.75 Å². The molecule has 3 rings (SSSR count). The second kappa shape index (κ2) is 5.41. The van der Waals surface area contributed by atoms with Gasteiger partial charge in [-0.25, -0.2) is 4.98 Å². The third-order valence-corrected chi connectivity index (χ3v) is 3.24. The van der Waals surface area contributed by atoms with Gasteiger partial charge in [0.1, 0.15) is 18.2 Å². The molecule has 2 aromatic rings. The molecule has 108 valence electrons. The van der Waals surface area contributed by atoms with Crippen molar-refractivity contribution in [2.75, 3.05) is 19.5 Å². The molecule has 0 saturated heterocycles. The minimum atomic E-state index is -0.138. The molecule has 6 nitrogen and oxygen atoms in total. The molecule has 0 atom stereocenters. The number of aromatic nitrogens is 2. The van der Waals surface area contributed by atoms with E-state index in [1.807, 2.05) is 18.2 Å². The lowest BCUT2D eigenvalue weighted by Gasteiger charge is -2.02. The highest BCUT2D eigenvalue weighted by molar-refractivity contribution is 6.34. The fourth-order valence-corrected chi connectivity index (χ4v) is 2.25. The van der Waals surface area contributed by atoms with E-state index in [1.165, 1.54) is 0 Å². The van der Waals surface area contributed by atoms with Crippen molar-refractivity contribution in [3.63, 3.8) is 0 Å². The number of hydrogen-bond donors (Lipinski definition) is 2. The highest BCUT2D eigenvalue weighted by Gasteiger charge is 2.24. The number of nitrogens with one attached hydrogen (secondary N) is 2. The lowest BCUT2D eigenvalue weighted by molar-refractivity contribution is -0.110. The number of ether oxygens (including phenoxy) is 2. The number of amides is 1. The number of aromatic amines is 1. The zero-order chi connectivity index (χ0) is 14.8. The Morgan fingerprint density at radius 1 is 1.33 bits per heavy atom. The first-order valence-electron chi connectivity index (χ1n) is 6.45. The molecule has 1 aliphatic rings. The fraction of sp³-hybridized carbons (Fsp3) is 0.200. The van der Waals surface area contributed by atoms with Gasteiger partial charge in [0, 0.05) is 18.4 Å². The number of fused-ring (bicyclic) bond motifs is 1. The fourth-order valence-electron chi connectivity index (χ4n) is 2.25. The zero-order valence-corrected chi connectivity index (χ0v) is 11.8. The Labute approximate surface area is 121 Å². The summed E-state index contributed by atoms with van der Waals surface area (Å²) in [6, 6.07) is 5.48. The summed E-state index contributed by atoms with van der Waals surface area (Å²) in [6.45, 7) is 0.403. The van der Waals surface area contributed by atoms with Crippen molar-refractivity contribution >= 4 is 23.2 Å². The topological polar surface area (TPSA) is 76.2 Å². The third-order valence-electron chi connectivity index (χ3n) is 3.24. The van der Waals surface area contributed by atoms with E-state index in [2.05, 4.69) is 15.3 Å². The van der Waals surface area contributed by atoms with Crippen LogP contribution in [-0.4, -0.2) is 30.1 Å². The molecule has 0 fully saturated rings. The highest BCUT2D eigenvalue weighted by atomic mass is 16.5. The van der Waals surface area contributed by atoms with Crippen LogP contribution in [-0.2, 0) is 16.1 Å². The Bertz CT molecular complexity index is 719. The molecule has 1 aromatic carbocycles. The highest BCUT2D eigenvalue weighted by Crippen LogP contribution is 2.35. The van der Waals surface area contributed by atoms with E-state index in [9.17, 15) is 4.79 Å². The molecule has 0 aliphatic carbocycles. The maximum atomic E-state index is 12.1. The predicted octanol–water partition coefficient (Wildman–Crippen LogP) is 2.06. The van der Waals surface area contributed by atoms with Gasteiger partial charge in [-0.1, -0.05) is 0 Å². The molecule has 0 saturated carbocycles. The number of carbonyl (C=O) groups is 1. The molecule has 2 heterocycles. The van der Waals surface area contributed by atoms with Crippen molar-refractivity contribution in [2.24, 2.45) is 0 Å². The predicted molar refractivity (Wildman–Crippen MR) is 78.8 cm³/mol. The summed E-state index contributed by atoms with van der Waals surface area (Å²) in [6.07, 6.45) is 3.44. The van der Waals surface area contributed by atoms with E-state index in [4.69, 9.17) is 9.47 Å². The number of imidazole rings is 1. The molecule has 0 unspecified atom stereocenters. The maximum absolute atomic E-state index is 12.1. The van der Waals surface area contributed by atoms with Crippen LogP contribution in [0.2, 0.25) is 0 Å². The Kier molecular flexibility index (Phi) is 3.45. The second-order valence-electron chi connectivity index (χ2n) is 4.64. The minimum absolute atomic E-state index is 0.138.